The third-order valence-electron chi connectivity index (χ3n) is 4.75. The van der Waals surface area contributed by atoms with Gasteiger partial charge in [0.25, 0.3) is 0 Å². The Morgan fingerprint density at radius 1 is 1.38 bits per heavy atom. The topological polar surface area (TPSA) is 67.6 Å². The van der Waals surface area contributed by atoms with Crippen molar-refractivity contribution in [1.82, 2.24) is 10.2 Å². The first-order valence-corrected chi connectivity index (χ1v) is 8.45. The predicted molar refractivity (Wildman–Crippen MR) is 86.2 cm³/mol. The molecule has 0 saturated heterocycles. The van der Waals surface area contributed by atoms with Crippen LogP contribution in [0.4, 0.5) is 0 Å². The Bertz CT molecular complexity index is 312. The van der Waals surface area contributed by atoms with E-state index in [-0.39, 0.29) is 5.91 Å². The van der Waals surface area contributed by atoms with Crippen LogP contribution in [0.1, 0.15) is 46.5 Å². The van der Waals surface area contributed by atoms with E-state index >= 15 is 0 Å². The third kappa shape index (κ3) is 4.94. The number of amides is 1. The summed E-state index contributed by atoms with van der Waals surface area (Å²) in [6.45, 7) is 11.6. The molecule has 0 aromatic heterocycles. The van der Waals surface area contributed by atoms with Crippen molar-refractivity contribution < 1.29 is 9.53 Å². The van der Waals surface area contributed by atoms with Crippen LogP contribution in [0.15, 0.2) is 0 Å². The molecular formula is C16H33N3O2. The molecule has 2 atom stereocenters. The van der Waals surface area contributed by atoms with Crippen molar-refractivity contribution in [2.75, 3.05) is 39.4 Å². The molecule has 0 bridgehead atoms. The highest BCUT2D eigenvalue weighted by atomic mass is 16.5. The lowest BCUT2D eigenvalue weighted by Crippen LogP contribution is -2.58. The van der Waals surface area contributed by atoms with Gasteiger partial charge in [0.2, 0.25) is 5.91 Å². The molecule has 5 heteroatoms. The number of primary amides is 1. The van der Waals surface area contributed by atoms with Crippen LogP contribution in [-0.4, -0.2) is 55.7 Å². The fraction of sp³-hybridized carbons (Fsp3) is 0.938. The van der Waals surface area contributed by atoms with Crippen LogP contribution in [0.2, 0.25) is 0 Å². The van der Waals surface area contributed by atoms with Crippen LogP contribution in [0.5, 0.6) is 0 Å². The monoisotopic (exact) mass is 299 g/mol. The second-order valence-corrected chi connectivity index (χ2v) is 5.87. The highest BCUT2D eigenvalue weighted by Gasteiger charge is 2.46. The molecule has 0 spiro atoms. The minimum absolute atomic E-state index is 0.177. The second kappa shape index (κ2) is 9.38. The number of hydrogen-bond donors (Lipinski definition) is 2. The number of carbonyl (C=O) groups excluding carboxylic acids is 1. The fourth-order valence-electron chi connectivity index (χ4n) is 3.53. The van der Waals surface area contributed by atoms with Crippen molar-refractivity contribution in [2.24, 2.45) is 11.7 Å². The van der Waals surface area contributed by atoms with E-state index in [0.717, 1.165) is 65.1 Å². The van der Waals surface area contributed by atoms with Crippen molar-refractivity contribution in [3.05, 3.63) is 0 Å². The van der Waals surface area contributed by atoms with Crippen molar-refractivity contribution in [2.45, 2.75) is 52.0 Å². The zero-order valence-corrected chi connectivity index (χ0v) is 14.0. The summed E-state index contributed by atoms with van der Waals surface area (Å²) < 4.78 is 5.43. The minimum Gasteiger partial charge on any atom is -0.380 e. The molecule has 124 valence electrons. The molecule has 2 unspecified atom stereocenters. The molecule has 0 radical (unpaired) electrons. The van der Waals surface area contributed by atoms with Gasteiger partial charge in [-0.1, -0.05) is 20.3 Å². The summed E-state index contributed by atoms with van der Waals surface area (Å²) in [5.74, 6) is 0.181. The van der Waals surface area contributed by atoms with Crippen molar-refractivity contribution in [3.8, 4) is 0 Å². The van der Waals surface area contributed by atoms with Gasteiger partial charge in [-0.05, 0) is 51.7 Å². The molecule has 5 nitrogen and oxygen atoms in total. The summed E-state index contributed by atoms with van der Waals surface area (Å²) in [7, 11) is 0. The summed E-state index contributed by atoms with van der Waals surface area (Å²) in [6.07, 6.45) is 4.09. The van der Waals surface area contributed by atoms with Crippen molar-refractivity contribution in [3.63, 3.8) is 0 Å². The summed E-state index contributed by atoms with van der Waals surface area (Å²) in [5.41, 5.74) is 5.23. The zero-order valence-electron chi connectivity index (χ0n) is 14.0. The number of hydrogen-bond acceptors (Lipinski definition) is 4. The maximum absolute atomic E-state index is 12.0. The molecule has 1 aliphatic rings. The highest BCUT2D eigenvalue weighted by Crippen LogP contribution is 2.37. The van der Waals surface area contributed by atoms with Gasteiger partial charge in [-0.2, -0.15) is 0 Å². The third-order valence-corrected chi connectivity index (χ3v) is 4.75. The average molecular weight is 299 g/mol. The molecule has 1 saturated carbocycles. The first-order chi connectivity index (χ1) is 10.1. The number of carbonyl (C=O) groups is 1. The Morgan fingerprint density at radius 3 is 2.71 bits per heavy atom. The van der Waals surface area contributed by atoms with Gasteiger partial charge in [-0.3, -0.25) is 4.79 Å². The second-order valence-electron chi connectivity index (χ2n) is 5.87. The Balaban J connectivity index is 2.52. The normalized spacial score (nSPS) is 25.6. The fourth-order valence-corrected chi connectivity index (χ4v) is 3.53. The highest BCUT2D eigenvalue weighted by molar-refractivity contribution is 5.85. The molecule has 21 heavy (non-hydrogen) atoms. The van der Waals surface area contributed by atoms with E-state index in [2.05, 4.69) is 17.1 Å². The molecule has 0 aliphatic heterocycles. The molecule has 0 aromatic carbocycles. The zero-order chi connectivity index (χ0) is 15.7. The maximum atomic E-state index is 12.0. The van der Waals surface area contributed by atoms with E-state index in [1.165, 1.54) is 0 Å². The molecular weight excluding hydrogens is 266 g/mol. The summed E-state index contributed by atoms with van der Waals surface area (Å²) in [6, 6.07) is 0. The van der Waals surface area contributed by atoms with Crippen molar-refractivity contribution >= 4 is 5.91 Å². The van der Waals surface area contributed by atoms with Gasteiger partial charge in [0.1, 0.15) is 5.54 Å². The minimum atomic E-state index is -0.478. The quantitative estimate of drug-likeness (QED) is 0.565. The number of ether oxygens (including phenoxy) is 1. The molecule has 1 rings (SSSR count). The lowest BCUT2D eigenvalue weighted by molar-refractivity contribution is -0.126. The van der Waals surface area contributed by atoms with E-state index in [0.29, 0.717) is 5.92 Å². The number of likely N-dealkylation sites (N-methyl/N-ethyl adjacent to an activating group) is 2. The Kier molecular flexibility index (Phi) is 8.22. The summed E-state index contributed by atoms with van der Waals surface area (Å²) in [5, 5.41) is 3.38. The molecule has 1 amide bonds. The van der Waals surface area contributed by atoms with Gasteiger partial charge in [-0.15, -0.1) is 0 Å². The van der Waals surface area contributed by atoms with Gasteiger partial charge >= 0.3 is 0 Å². The molecule has 1 fully saturated rings. The number of nitrogens with two attached hydrogens (primary N) is 1. The lowest BCUT2D eigenvalue weighted by Gasteiger charge is -2.34. The van der Waals surface area contributed by atoms with E-state index in [1.54, 1.807) is 0 Å². The van der Waals surface area contributed by atoms with E-state index in [1.807, 2.05) is 13.8 Å². The van der Waals surface area contributed by atoms with Crippen molar-refractivity contribution in [1.29, 1.82) is 0 Å². The first kappa shape index (κ1) is 18.4. The molecule has 3 N–H and O–H groups in total. The van der Waals surface area contributed by atoms with Crippen LogP contribution in [0, 0.1) is 5.92 Å². The summed E-state index contributed by atoms with van der Waals surface area (Å²) >= 11 is 0. The number of nitrogens with zero attached hydrogens (tertiary/aromatic N) is 1. The number of rotatable bonds is 11. The Hall–Kier alpha value is -0.650. The van der Waals surface area contributed by atoms with Gasteiger partial charge in [0.05, 0.1) is 6.61 Å². The SMILES string of the molecule is CCNC1(C(N)=O)CCCC1CCN(CC)CCOCC. The summed E-state index contributed by atoms with van der Waals surface area (Å²) in [4.78, 5) is 14.4. The van der Waals surface area contributed by atoms with E-state index < -0.39 is 5.54 Å². The van der Waals surface area contributed by atoms with Crippen LogP contribution < -0.4 is 11.1 Å². The largest absolute Gasteiger partial charge is 0.380 e. The lowest BCUT2D eigenvalue weighted by atomic mass is 9.83. The Labute approximate surface area is 129 Å². The maximum Gasteiger partial charge on any atom is 0.238 e. The van der Waals surface area contributed by atoms with Gasteiger partial charge in [0.15, 0.2) is 0 Å². The molecule has 0 aromatic rings. The smallest absolute Gasteiger partial charge is 0.238 e. The van der Waals surface area contributed by atoms with Gasteiger partial charge in [0, 0.05) is 13.2 Å². The number of nitrogens with one attached hydrogen (secondary N) is 1. The van der Waals surface area contributed by atoms with Crippen LogP contribution in [0.25, 0.3) is 0 Å². The van der Waals surface area contributed by atoms with Gasteiger partial charge in [-0.25, -0.2) is 0 Å². The van der Waals surface area contributed by atoms with Crippen LogP contribution in [0.3, 0.4) is 0 Å². The van der Waals surface area contributed by atoms with E-state index in [4.69, 9.17) is 10.5 Å². The first-order valence-electron chi connectivity index (χ1n) is 8.45. The standard InChI is InChI=1S/C16H33N3O2/c1-4-18-16(15(17)20)10-7-8-14(16)9-11-19(5-2)12-13-21-6-3/h14,18H,4-13H2,1-3H3,(H2,17,20). The molecule has 1 aliphatic carbocycles. The molecule has 0 heterocycles. The van der Waals surface area contributed by atoms with E-state index in [9.17, 15) is 4.79 Å². The predicted octanol–water partition coefficient (Wildman–Crippen LogP) is 1.37. The average Bonchev–Trinajstić information content (AvgIpc) is 2.87. The van der Waals surface area contributed by atoms with Crippen LogP contribution >= 0.6 is 0 Å². The van der Waals surface area contributed by atoms with Gasteiger partial charge < -0.3 is 20.7 Å². The van der Waals surface area contributed by atoms with Crippen LogP contribution in [-0.2, 0) is 9.53 Å². The Morgan fingerprint density at radius 2 is 2.14 bits per heavy atom.